The smallest absolute Gasteiger partial charge is 0.341 e. The number of esters is 1. The zero-order valence-corrected chi connectivity index (χ0v) is 15.5. The molecule has 0 aliphatic rings. The van der Waals surface area contributed by atoms with Gasteiger partial charge in [-0.2, -0.15) is 0 Å². The lowest BCUT2D eigenvalue weighted by molar-refractivity contribution is -0.119. The minimum Gasteiger partial charge on any atom is -0.467 e. The fraction of sp³-hybridized carbons (Fsp3) is 0.0952. The third-order valence-corrected chi connectivity index (χ3v) is 3.93. The average molecular weight is 414 g/mol. The Morgan fingerprint density at radius 3 is 2.50 bits per heavy atom. The van der Waals surface area contributed by atoms with E-state index in [1.54, 1.807) is 24.3 Å². The van der Waals surface area contributed by atoms with Crippen LogP contribution in [0.2, 0.25) is 0 Å². The maximum atomic E-state index is 13.6. The summed E-state index contributed by atoms with van der Waals surface area (Å²) in [6.07, 6.45) is 1.48. The Morgan fingerprint density at radius 1 is 0.967 bits per heavy atom. The molecule has 9 heteroatoms. The Labute approximate surface area is 169 Å². The number of benzene rings is 2. The van der Waals surface area contributed by atoms with Gasteiger partial charge in [0, 0.05) is 6.07 Å². The normalized spacial score (nSPS) is 10.3. The van der Waals surface area contributed by atoms with E-state index >= 15 is 0 Å². The quantitative estimate of drug-likeness (QED) is 0.579. The summed E-state index contributed by atoms with van der Waals surface area (Å²) in [5, 5.41) is 5.12. The molecule has 0 fully saturated rings. The predicted octanol–water partition coefficient (Wildman–Crippen LogP) is 3.28. The van der Waals surface area contributed by atoms with Crippen molar-refractivity contribution in [3.63, 3.8) is 0 Å². The molecule has 3 aromatic rings. The molecule has 1 aromatic heterocycles. The first-order valence-electron chi connectivity index (χ1n) is 8.75. The molecule has 0 aliphatic carbocycles. The molecule has 2 N–H and O–H groups in total. The van der Waals surface area contributed by atoms with Crippen molar-refractivity contribution in [3.05, 3.63) is 89.4 Å². The first kappa shape index (κ1) is 20.7. The molecule has 2 aromatic carbocycles. The summed E-state index contributed by atoms with van der Waals surface area (Å²) >= 11 is 0. The van der Waals surface area contributed by atoms with Crippen LogP contribution in [-0.2, 0) is 16.1 Å². The molecule has 0 radical (unpaired) electrons. The summed E-state index contributed by atoms with van der Waals surface area (Å²) in [7, 11) is 0. The highest BCUT2D eigenvalue weighted by Crippen LogP contribution is 2.16. The van der Waals surface area contributed by atoms with Crippen LogP contribution in [0.4, 0.5) is 14.5 Å². The summed E-state index contributed by atoms with van der Waals surface area (Å²) < 4.78 is 36.4. The fourth-order valence-corrected chi connectivity index (χ4v) is 2.52. The van der Waals surface area contributed by atoms with Gasteiger partial charge in [-0.1, -0.05) is 12.1 Å². The van der Waals surface area contributed by atoms with E-state index in [9.17, 15) is 23.2 Å². The Bertz CT molecular complexity index is 1070. The topological polar surface area (TPSA) is 97.6 Å². The molecule has 3 rings (SSSR count). The number of hydrogen-bond acceptors (Lipinski definition) is 5. The van der Waals surface area contributed by atoms with Crippen molar-refractivity contribution >= 4 is 23.5 Å². The second-order valence-electron chi connectivity index (χ2n) is 6.06. The van der Waals surface area contributed by atoms with Crippen molar-refractivity contribution in [2.24, 2.45) is 0 Å². The number of furan rings is 1. The van der Waals surface area contributed by atoms with Crippen molar-refractivity contribution in [2.75, 3.05) is 11.9 Å². The van der Waals surface area contributed by atoms with E-state index in [4.69, 9.17) is 9.15 Å². The Morgan fingerprint density at radius 2 is 1.77 bits per heavy atom. The second kappa shape index (κ2) is 9.46. The largest absolute Gasteiger partial charge is 0.467 e. The highest BCUT2D eigenvalue weighted by atomic mass is 19.1. The van der Waals surface area contributed by atoms with E-state index in [2.05, 4.69) is 10.6 Å². The standard InChI is InChI=1S/C21H16F2N2O5/c22-13-7-8-15(17(23)10-13)21(28)30-12-19(26)25-18-6-2-1-5-16(18)20(27)24-11-14-4-3-9-29-14/h1-10H,11-12H2,(H,24,27)(H,25,26). The van der Waals surface area contributed by atoms with Gasteiger partial charge in [0.15, 0.2) is 6.61 Å². The third kappa shape index (κ3) is 5.28. The SMILES string of the molecule is O=C(COC(=O)c1ccc(F)cc1F)Nc1ccccc1C(=O)NCc1ccco1. The molecule has 2 amide bonds. The molecule has 0 saturated heterocycles. The van der Waals surface area contributed by atoms with Gasteiger partial charge < -0.3 is 19.8 Å². The molecule has 0 aliphatic heterocycles. The maximum absolute atomic E-state index is 13.6. The average Bonchev–Trinajstić information content (AvgIpc) is 3.24. The summed E-state index contributed by atoms with van der Waals surface area (Å²) in [5.41, 5.74) is -0.112. The number of carbonyl (C=O) groups excluding carboxylic acids is 3. The van der Waals surface area contributed by atoms with Gasteiger partial charge in [-0.15, -0.1) is 0 Å². The number of rotatable bonds is 7. The van der Waals surface area contributed by atoms with Crippen LogP contribution in [0, 0.1) is 11.6 Å². The molecule has 0 bridgehead atoms. The Balaban J connectivity index is 1.58. The van der Waals surface area contributed by atoms with E-state index < -0.39 is 41.6 Å². The number of nitrogens with one attached hydrogen (secondary N) is 2. The number of para-hydroxylation sites is 1. The summed E-state index contributed by atoms with van der Waals surface area (Å²) in [6, 6.07) is 12.0. The van der Waals surface area contributed by atoms with Gasteiger partial charge in [-0.3, -0.25) is 9.59 Å². The summed E-state index contributed by atoms with van der Waals surface area (Å²) in [5.74, 6) is -3.69. The van der Waals surface area contributed by atoms with E-state index in [1.165, 1.54) is 18.4 Å². The molecule has 0 saturated carbocycles. The summed E-state index contributed by atoms with van der Waals surface area (Å²) in [4.78, 5) is 36.4. The van der Waals surface area contributed by atoms with Gasteiger partial charge in [0.25, 0.3) is 11.8 Å². The van der Waals surface area contributed by atoms with Gasteiger partial charge in [-0.05, 0) is 36.4 Å². The first-order chi connectivity index (χ1) is 14.4. The molecule has 0 unspecified atom stereocenters. The van der Waals surface area contributed by atoms with Gasteiger partial charge in [-0.25, -0.2) is 13.6 Å². The van der Waals surface area contributed by atoms with Gasteiger partial charge in [0.05, 0.1) is 29.6 Å². The molecule has 154 valence electrons. The van der Waals surface area contributed by atoms with Gasteiger partial charge in [0.2, 0.25) is 0 Å². The first-order valence-corrected chi connectivity index (χ1v) is 8.75. The number of anilines is 1. The monoisotopic (exact) mass is 414 g/mol. The lowest BCUT2D eigenvalue weighted by atomic mass is 10.1. The molecular weight excluding hydrogens is 398 g/mol. The van der Waals surface area contributed by atoms with Crippen molar-refractivity contribution < 1.29 is 32.3 Å². The van der Waals surface area contributed by atoms with Gasteiger partial charge >= 0.3 is 5.97 Å². The van der Waals surface area contributed by atoms with Crippen LogP contribution in [0.5, 0.6) is 0 Å². The van der Waals surface area contributed by atoms with Crippen molar-refractivity contribution in [1.29, 1.82) is 0 Å². The minimum atomic E-state index is -1.12. The molecular formula is C21H16F2N2O5. The van der Waals surface area contributed by atoms with Crippen LogP contribution in [0.1, 0.15) is 26.5 Å². The summed E-state index contributed by atoms with van der Waals surface area (Å²) in [6.45, 7) is -0.563. The number of hydrogen-bond donors (Lipinski definition) is 2. The van der Waals surface area contributed by atoms with Crippen LogP contribution in [0.15, 0.2) is 65.3 Å². The van der Waals surface area contributed by atoms with E-state index in [0.29, 0.717) is 11.8 Å². The molecule has 7 nitrogen and oxygen atoms in total. The van der Waals surface area contributed by atoms with Crippen LogP contribution in [0.25, 0.3) is 0 Å². The van der Waals surface area contributed by atoms with Gasteiger partial charge in [0.1, 0.15) is 17.4 Å². The Kier molecular flexibility index (Phi) is 6.53. The zero-order chi connectivity index (χ0) is 21.5. The lowest BCUT2D eigenvalue weighted by Gasteiger charge is -2.11. The molecule has 0 atom stereocenters. The van der Waals surface area contributed by atoms with E-state index in [-0.39, 0.29) is 17.8 Å². The van der Waals surface area contributed by atoms with Crippen LogP contribution in [-0.4, -0.2) is 24.4 Å². The highest BCUT2D eigenvalue weighted by molar-refractivity contribution is 6.04. The zero-order valence-electron chi connectivity index (χ0n) is 15.5. The second-order valence-corrected chi connectivity index (χ2v) is 6.06. The van der Waals surface area contributed by atoms with Crippen LogP contribution >= 0.6 is 0 Å². The number of ether oxygens (including phenoxy) is 1. The van der Waals surface area contributed by atoms with E-state index in [1.807, 2.05) is 0 Å². The Hall–Kier alpha value is -4.01. The minimum absolute atomic E-state index is 0.162. The fourth-order valence-electron chi connectivity index (χ4n) is 2.52. The molecule has 0 spiro atoms. The number of carbonyl (C=O) groups is 3. The molecule has 30 heavy (non-hydrogen) atoms. The third-order valence-electron chi connectivity index (χ3n) is 3.93. The van der Waals surface area contributed by atoms with Crippen molar-refractivity contribution in [1.82, 2.24) is 5.32 Å². The van der Waals surface area contributed by atoms with Crippen molar-refractivity contribution in [2.45, 2.75) is 6.54 Å². The maximum Gasteiger partial charge on any atom is 0.341 e. The molecule has 1 heterocycles. The van der Waals surface area contributed by atoms with Crippen LogP contribution < -0.4 is 10.6 Å². The highest BCUT2D eigenvalue weighted by Gasteiger charge is 2.17. The van der Waals surface area contributed by atoms with E-state index in [0.717, 1.165) is 12.1 Å². The predicted molar refractivity (Wildman–Crippen MR) is 102 cm³/mol. The number of halogens is 2. The van der Waals surface area contributed by atoms with Crippen LogP contribution in [0.3, 0.4) is 0 Å². The lowest BCUT2D eigenvalue weighted by Crippen LogP contribution is -2.26. The van der Waals surface area contributed by atoms with Crippen molar-refractivity contribution in [3.8, 4) is 0 Å². The number of amides is 2.